The van der Waals surface area contributed by atoms with Crippen LogP contribution in [-0.4, -0.2) is 31.0 Å². The molecule has 1 amide bonds. The van der Waals surface area contributed by atoms with Crippen LogP contribution in [0, 0.1) is 10.1 Å². The summed E-state index contributed by atoms with van der Waals surface area (Å²) in [5.41, 5.74) is 0.179. The van der Waals surface area contributed by atoms with Crippen LogP contribution in [0.3, 0.4) is 0 Å². The van der Waals surface area contributed by atoms with E-state index in [2.05, 4.69) is 20.7 Å². The van der Waals surface area contributed by atoms with E-state index in [-0.39, 0.29) is 28.7 Å². The van der Waals surface area contributed by atoms with Gasteiger partial charge in [0.2, 0.25) is 0 Å². The molecule has 3 rings (SSSR count). The Morgan fingerprint density at radius 1 is 1.30 bits per heavy atom. The summed E-state index contributed by atoms with van der Waals surface area (Å²) in [6, 6.07) is 9.01. The standard InChI is InChI=1S/C13H10N6O4/c1-18-16-13(15-17-18)14-12(20)11-7-6-10(23-11)8-4-2-3-5-9(8)19(21)22/h2-7H,1H3,(H,14,16,20). The molecule has 1 N–H and O–H groups in total. The molecule has 0 saturated heterocycles. The normalized spacial score (nSPS) is 10.5. The molecule has 0 unspecified atom stereocenters. The highest BCUT2D eigenvalue weighted by atomic mass is 16.6. The number of carbonyl (C=O) groups is 1. The van der Waals surface area contributed by atoms with Gasteiger partial charge in [-0.15, -0.1) is 5.10 Å². The van der Waals surface area contributed by atoms with Crippen LogP contribution in [0.25, 0.3) is 11.3 Å². The van der Waals surface area contributed by atoms with Crippen molar-refractivity contribution in [2.24, 2.45) is 7.05 Å². The van der Waals surface area contributed by atoms with Gasteiger partial charge in [0, 0.05) is 6.07 Å². The molecule has 0 aliphatic heterocycles. The maximum Gasteiger partial charge on any atom is 0.293 e. The Morgan fingerprint density at radius 2 is 2.09 bits per heavy atom. The fourth-order valence-corrected chi connectivity index (χ4v) is 1.94. The fraction of sp³-hybridized carbons (Fsp3) is 0.0769. The lowest BCUT2D eigenvalue weighted by molar-refractivity contribution is -0.384. The van der Waals surface area contributed by atoms with Gasteiger partial charge in [0.1, 0.15) is 5.76 Å². The Bertz CT molecular complexity index is 884. The topological polar surface area (TPSA) is 129 Å². The van der Waals surface area contributed by atoms with E-state index in [1.165, 1.54) is 23.0 Å². The number of aryl methyl sites for hydroxylation is 1. The second-order valence-electron chi connectivity index (χ2n) is 4.49. The molecule has 0 spiro atoms. The zero-order chi connectivity index (χ0) is 16.4. The predicted molar refractivity (Wildman–Crippen MR) is 77.5 cm³/mol. The van der Waals surface area contributed by atoms with Crippen molar-refractivity contribution in [1.29, 1.82) is 0 Å². The lowest BCUT2D eigenvalue weighted by Gasteiger charge is -1.99. The largest absolute Gasteiger partial charge is 0.451 e. The summed E-state index contributed by atoms with van der Waals surface area (Å²) in [5, 5.41) is 24.5. The molecule has 0 aliphatic rings. The van der Waals surface area contributed by atoms with Gasteiger partial charge < -0.3 is 4.42 Å². The number of hydrogen-bond acceptors (Lipinski definition) is 7. The summed E-state index contributed by atoms with van der Waals surface area (Å²) in [5.74, 6) is -0.357. The molecule has 0 saturated carbocycles. The summed E-state index contributed by atoms with van der Waals surface area (Å²) < 4.78 is 5.40. The molecule has 10 heteroatoms. The van der Waals surface area contributed by atoms with Crippen LogP contribution in [0.15, 0.2) is 40.8 Å². The molecule has 2 heterocycles. The number of amides is 1. The molecule has 23 heavy (non-hydrogen) atoms. The minimum absolute atomic E-state index is 0.0226. The minimum atomic E-state index is -0.581. The van der Waals surface area contributed by atoms with Crippen LogP contribution in [0.4, 0.5) is 11.6 Å². The van der Waals surface area contributed by atoms with E-state index in [1.807, 2.05) is 0 Å². The van der Waals surface area contributed by atoms with E-state index < -0.39 is 10.8 Å². The van der Waals surface area contributed by atoms with Crippen LogP contribution in [-0.2, 0) is 7.05 Å². The lowest BCUT2D eigenvalue weighted by atomic mass is 10.1. The Kier molecular flexibility index (Phi) is 3.55. The Balaban J connectivity index is 1.86. The zero-order valence-corrected chi connectivity index (χ0v) is 11.8. The number of carbonyl (C=O) groups excluding carboxylic acids is 1. The van der Waals surface area contributed by atoms with Gasteiger partial charge >= 0.3 is 0 Å². The first-order valence-electron chi connectivity index (χ1n) is 6.43. The summed E-state index contributed by atoms with van der Waals surface area (Å²) in [6.45, 7) is 0. The third-order valence-electron chi connectivity index (χ3n) is 2.93. The monoisotopic (exact) mass is 314 g/mol. The van der Waals surface area contributed by atoms with Crippen molar-refractivity contribution in [3.63, 3.8) is 0 Å². The average Bonchev–Trinajstić information content (AvgIpc) is 3.16. The van der Waals surface area contributed by atoms with Gasteiger partial charge in [0.05, 0.1) is 17.5 Å². The van der Waals surface area contributed by atoms with Crippen molar-refractivity contribution in [2.75, 3.05) is 5.32 Å². The van der Waals surface area contributed by atoms with E-state index in [4.69, 9.17) is 4.42 Å². The first-order valence-corrected chi connectivity index (χ1v) is 6.43. The molecule has 10 nitrogen and oxygen atoms in total. The number of nitro groups is 1. The van der Waals surface area contributed by atoms with Gasteiger partial charge in [0.15, 0.2) is 5.76 Å². The Labute approximate surface area is 128 Å². The number of aromatic nitrogens is 4. The average molecular weight is 314 g/mol. The molecule has 1 aromatic carbocycles. The van der Waals surface area contributed by atoms with E-state index in [9.17, 15) is 14.9 Å². The number of furan rings is 1. The van der Waals surface area contributed by atoms with Crippen molar-refractivity contribution >= 4 is 17.5 Å². The number of benzene rings is 1. The highest BCUT2D eigenvalue weighted by molar-refractivity contribution is 6.01. The molecule has 3 aromatic rings. The molecule has 0 radical (unpaired) electrons. The van der Waals surface area contributed by atoms with Gasteiger partial charge in [-0.3, -0.25) is 20.2 Å². The second kappa shape index (κ2) is 5.67. The van der Waals surface area contributed by atoms with Crippen LogP contribution >= 0.6 is 0 Å². The van der Waals surface area contributed by atoms with Crippen molar-refractivity contribution in [3.05, 3.63) is 52.3 Å². The quantitative estimate of drug-likeness (QED) is 0.572. The maximum absolute atomic E-state index is 12.0. The Morgan fingerprint density at radius 3 is 2.78 bits per heavy atom. The first kappa shape index (κ1) is 14.4. The molecule has 0 aliphatic carbocycles. The number of tetrazole rings is 1. The molecule has 0 atom stereocenters. The molecule has 116 valence electrons. The van der Waals surface area contributed by atoms with Crippen LogP contribution in [0.2, 0.25) is 0 Å². The third-order valence-corrected chi connectivity index (χ3v) is 2.93. The number of para-hydroxylation sites is 1. The highest BCUT2D eigenvalue weighted by Crippen LogP contribution is 2.30. The molecule has 0 fully saturated rings. The van der Waals surface area contributed by atoms with E-state index in [0.29, 0.717) is 0 Å². The smallest absolute Gasteiger partial charge is 0.293 e. The number of nitrogens with zero attached hydrogens (tertiary/aromatic N) is 5. The molecular weight excluding hydrogens is 304 g/mol. The molecule has 2 aromatic heterocycles. The number of nitro benzene ring substituents is 1. The highest BCUT2D eigenvalue weighted by Gasteiger charge is 2.19. The first-order chi connectivity index (χ1) is 11.0. The van der Waals surface area contributed by atoms with Gasteiger partial charge in [-0.2, -0.15) is 4.80 Å². The van der Waals surface area contributed by atoms with E-state index >= 15 is 0 Å². The van der Waals surface area contributed by atoms with Crippen molar-refractivity contribution in [1.82, 2.24) is 20.2 Å². The SMILES string of the molecule is Cn1nnc(NC(=O)c2ccc(-c3ccccc3[N+](=O)[O-])o2)n1. The summed E-state index contributed by atoms with van der Waals surface area (Å²) in [7, 11) is 1.56. The molecule has 0 bridgehead atoms. The van der Waals surface area contributed by atoms with Gasteiger partial charge in [-0.05, 0) is 23.4 Å². The second-order valence-corrected chi connectivity index (χ2v) is 4.49. The van der Waals surface area contributed by atoms with Crippen LogP contribution < -0.4 is 5.32 Å². The van der Waals surface area contributed by atoms with Crippen LogP contribution in [0.1, 0.15) is 10.6 Å². The minimum Gasteiger partial charge on any atom is -0.451 e. The predicted octanol–water partition coefficient (Wildman–Crippen LogP) is 1.63. The van der Waals surface area contributed by atoms with Crippen molar-refractivity contribution < 1.29 is 14.1 Å². The number of anilines is 1. The van der Waals surface area contributed by atoms with Crippen molar-refractivity contribution in [2.45, 2.75) is 0 Å². The lowest BCUT2D eigenvalue weighted by Crippen LogP contribution is -2.12. The number of hydrogen-bond donors (Lipinski definition) is 1. The van der Waals surface area contributed by atoms with Gasteiger partial charge in [0.25, 0.3) is 17.5 Å². The Hall–Kier alpha value is -3.56. The third kappa shape index (κ3) is 2.90. The van der Waals surface area contributed by atoms with Crippen molar-refractivity contribution in [3.8, 4) is 11.3 Å². The summed E-state index contributed by atoms with van der Waals surface area (Å²) >= 11 is 0. The number of rotatable bonds is 4. The zero-order valence-electron chi connectivity index (χ0n) is 11.8. The maximum atomic E-state index is 12.0. The molecular formula is C13H10N6O4. The summed E-state index contributed by atoms with van der Waals surface area (Å²) in [6.07, 6.45) is 0. The van der Waals surface area contributed by atoms with Crippen LogP contribution in [0.5, 0.6) is 0 Å². The summed E-state index contributed by atoms with van der Waals surface area (Å²) in [4.78, 5) is 23.7. The number of nitrogens with one attached hydrogen (secondary N) is 1. The van der Waals surface area contributed by atoms with E-state index in [1.54, 1.807) is 25.2 Å². The van der Waals surface area contributed by atoms with Gasteiger partial charge in [-0.25, -0.2) is 0 Å². The van der Waals surface area contributed by atoms with Gasteiger partial charge in [-0.1, -0.05) is 17.2 Å². The van der Waals surface area contributed by atoms with E-state index in [0.717, 1.165) is 0 Å². The fourth-order valence-electron chi connectivity index (χ4n) is 1.94.